The standard InChI is InChI=1S/C21H19N3O3/c22-12-17(25)23-10-5-11-24-19-14-7-2-3-8-15(14)20(26)18(19)13-6-1-4-9-16(13)21(24)27/h1-4,6-9H,5,10-12,22H2,(H,23,25). The van der Waals surface area contributed by atoms with Crippen LogP contribution in [0.15, 0.2) is 53.3 Å². The Labute approximate surface area is 155 Å². The van der Waals surface area contributed by atoms with Crippen molar-refractivity contribution in [1.82, 2.24) is 9.88 Å². The highest BCUT2D eigenvalue weighted by molar-refractivity contribution is 6.26. The van der Waals surface area contributed by atoms with Crippen molar-refractivity contribution < 1.29 is 9.59 Å². The number of nitrogens with one attached hydrogen (secondary N) is 1. The molecule has 0 atom stereocenters. The molecular formula is C21H19N3O3. The summed E-state index contributed by atoms with van der Waals surface area (Å²) < 4.78 is 1.66. The van der Waals surface area contributed by atoms with Crippen molar-refractivity contribution in [1.29, 1.82) is 0 Å². The van der Waals surface area contributed by atoms with Crippen molar-refractivity contribution in [3.05, 3.63) is 70.0 Å². The van der Waals surface area contributed by atoms with E-state index in [1.807, 2.05) is 30.3 Å². The summed E-state index contributed by atoms with van der Waals surface area (Å²) in [6.45, 7) is 0.755. The number of nitrogens with zero attached hydrogens (tertiary/aromatic N) is 1. The summed E-state index contributed by atoms with van der Waals surface area (Å²) >= 11 is 0. The zero-order valence-electron chi connectivity index (χ0n) is 14.7. The molecule has 6 nitrogen and oxygen atoms in total. The third-order valence-corrected chi connectivity index (χ3v) is 4.90. The number of hydrogen-bond donors (Lipinski definition) is 2. The second kappa shape index (κ2) is 6.81. The molecule has 1 aliphatic carbocycles. The summed E-state index contributed by atoms with van der Waals surface area (Å²) in [5.74, 6) is -0.284. The number of aromatic nitrogens is 1. The van der Waals surface area contributed by atoms with Crippen molar-refractivity contribution in [2.45, 2.75) is 13.0 Å². The molecule has 6 heteroatoms. The predicted molar refractivity (Wildman–Crippen MR) is 104 cm³/mol. The average Bonchev–Trinajstić information content (AvgIpc) is 3.00. The summed E-state index contributed by atoms with van der Waals surface area (Å²) in [5.41, 5.74) is 7.82. The fourth-order valence-corrected chi connectivity index (χ4v) is 3.68. The molecule has 2 aromatic carbocycles. The van der Waals surface area contributed by atoms with Gasteiger partial charge in [0, 0.05) is 35.0 Å². The van der Waals surface area contributed by atoms with Gasteiger partial charge in [-0.2, -0.15) is 0 Å². The highest BCUT2D eigenvalue weighted by Crippen LogP contribution is 2.39. The summed E-state index contributed by atoms with van der Waals surface area (Å²) in [6, 6.07) is 14.6. The van der Waals surface area contributed by atoms with Gasteiger partial charge in [0.15, 0.2) is 5.78 Å². The van der Waals surface area contributed by atoms with Crippen LogP contribution in [-0.4, -0.2) is 29.3 Å². The largest absolute Gasteiger partial charge is 0.355 e. The van der Waals surface area contributed by atoms with Crippen molar-refractivity contribution in [2.24, 2.45) is 5.73 Å². The van der Waals surface area contributed by atoms with Gasteiger partial charge in [0.25, 0.3) is 5.56 Å². The van der Waals surface area contributed by atoms with Crippen LogP contribution in [0.25, 0.3) is 22.0 Å². The van der Waals surface area contributed by atoms with Gasteiger partial charge in [-0.05, 0) is 12.5 Å². The summed E-state index contributed by atoms with van der Waals surface area (Å²) in [5, 5.41) is 3.93. The Balaban J connectivity index is 1.85. The first kappa shape index (κ1) is 17.2. The Morgan fingerprint density at radius 1 is 0.963 bits per heavy atom. The summed E-state index contributed by atoms with van der Waals surface area (Å²) in [4.78, 5) is 37.5. The second-order valence-electron chi connectivity index (χ2n) is 6.51. The fourth-order valence-electron chi connectivity index (χ4n) is 3.68. The highest BCUT2D eigenvalue weighted by Gasteiger charge is 2.32. The van der Waals surface area contributed by atoms with Crippen LogP contribution < -0.4 is 16.6 Å². The average molecular weight is 361 g/mol. The Bertz CT molecular complexity index is 1130. The molecule has 0 spiro atoms. The van der Waals surface area contributed by atoms with E-state index in [-0.39, 0.29) is 23.8 Å². The zero-order valence-corrected chi connectivity index (χ0v) is 14.7. The van der Waals surface area contributed by atoms with E-state index in [0.717, 1.165) is 5.56 Å². The third kappa shape index (κ3) is 2.74. The first-order valence-electron chi connectivity index (χ1n) is 8.90. The van der Waals surface area contributed by atoms with E-state index < -0.39 is 0 Å². The minimum Gasteiger partial charge on any atom is -0.355 e. The smallest absolute Gasteiger partial charge is 0.258 e. The van der Waals surface area contributed by atoms with Crippen LogP contribution in [-0.2, 0) is 11.3 Å². The number of nitrogens with two attached hydrogens (primary N) is 1. The first-order valence-corrected chi connectivity index (χ1v) is 8.90. The van der Waals surface area contributed by atoms with E-state index in [1.54, 1.807) is 22.8 Å². The Hall–Kier alpha value is -3.25. The number of amides is 1. The van der Waals surface area contributed by atoms with Gasteiger partial charge in [0.1, 0.15) is 0 Å². The molecule has 1 aromatic heterocycles. The van der Waals surface area contributed by atoms with Gasteiger partial charge in [0.2, 0.25) is 5.91 Å². The molecule has 0 saturated heterocycles. The number of rotatable bonds is 5. The molecule has 0 saturated carbocycles. The van der Waals surface area contributed by atoms with Crippen molar-refractivity contribution >= 4 is 22.5 Å². The van der Waals surface area contributed by atoms with Gasteiger partial charge >= 0.3 is 0 Å². The maximum atomic E-state index is 13.1. The summed E-state index contributed by atoms with van der Waals surface area (Å²) in [6.07, 6.45) is 0.562. The van der Waals surface area contributed by atoms with Gasteiger partial charge in [-0.25, -0.2) is 0 Å². The van der Waals surface area contributed by atoms with Crippen LogP contribution in [0.3, 0.4) is 0 Å². The minimum atomic E-state index is -0.230. The van der Waals surface area contributed by atoms with Crippen LogP contribution >= 0.6 is 0 Å². The quantitative estimate of drug-likeness (QED) is 0.529. The molecule has 3 N–H and O–H groups in total. The van der Waals surface area contributed by atoms with Crippen LogP contribution in [0, 0.1) is 0 Å². The van der Waals surface area contributed by atoms with Crippen LogP contribution in [0.4, 0.5) is 0 Å². The fraction of sp³-hybridized carbons (Fsp3) is 0.190. The number of ketones is 1. The normalized spacial score (nSPS) is 12.1. The Kier molecular flexibility index (Phi) is 4.33. The lowest BCUT2D eigenvalue weighted by Gasteiger charge is -2.15. The van der Waals surface area contributed by atoms with E-state index in [9.17, 15) is 14.4 Å². The molecule has 0 unspecified atom stereocenters. The maximum absolute atomic E-state index is 13.1. The number of carbonyl (C=O) groups excluding carboxylic acids is 2. The molecule has 1 aliphatic rings. The van der Waals surface area contributed by atoms with Crippen molar-refractivity contribution in [2.75, 3.05) is 13.1 Å². The molecule has 0 bridgehead atoms. The Morgan fingerprint density at radius 3 is 2.37 bits per heavy atom. The van der Waals surface area contributed by atoms with Crippen molar-refractivity contribution in [3.8, 4) is 11.3 Å². The number of fused-ring (bicyclic) bond motifs is 5. The van der Waals surface area contributed by atoms with Gasteiger partial charge in [-0.15, -0.1) is 0 Å². The lowest BCUT2D eigenvalue weighted by atomic mass is 10.0. The summed E-state index contributed by atoms with van der Waals surface area (Å²) in [7, 11) is 0. The van der Waals surface area contributed by atoms with E-state index in [2.05, 4.69) is 5.32 Å². The molecule has 0 aliphatic heterocycles. The monoisotopic (exact) mass is 361 g/mol. The number of benzene rings is 2. The van der Waals surface area contributed by atoms with E-state index in [0.29, 0.717) is 47.1 Å². The molecule has 0 radical (unpaired) electrons. The van der Waals surface area contributed by atoms with Crippen molar-refractivity contribution in [3.63, 3.8) is 0 Å². The Morgan fingerprint density at radius 2 is 1.63 bits per heavy atom. The third-order valence-electron chi connectivity index (χ3n) is 4.90. The zero-order chi connectivity index (χ0) is 19.0. The predicted octanol–water partition coefficient (Wildman–Crippen LogP) is 1.68. The highest BCUT2D eigenvalue weighted by atomic mass is 16.2. The second-order valence-corrected chi connectivity index (χ2v) is 6.51. The number of pyridine rings is 1. The van der Waals surface area contributed by atoms with Crippen LogP contribution in [0.2, 0.25) is 0 Å². The minimum absolute atomic E-state index is 0.0537. The molecule has 1 heterocycles. The number of hydrogen-bond acceptors (Lipinski definition) is 4. The molecule has 4 rings (SSSR count). The molecule has 1 amide bonds. The SMILES string of the molecule is NCC(=O)NCCCn1c2c(c3ccccc3c1=O)C(=O)c1ccccc1-2. The van der Waals surface area contributed by atoms with Gasteiger partial charge in [-0.1, -0.05) is 42.5 Å². The van der Waals surface area contributed by atoms with E-state index in [4.69, 9.17) is 5.73 Å². The molecule has 3 aromatic rings. The molecule has 0 fully saturated rings. The van der Waals surface area contributed by atoms with Crippen LogP contribution in [0.1, 0.15) is 22.3 Å². The van der Waals surface area contributed by atoms with E-state index >= 15 is 0 Å². The molecule has 136 valence electrons. The topological polar surface area (TPSA) is 94.2 Å². The number of carbonyl (C=O) groups is 2. The van der Waals surface area contributed by atoms with Gasteiger partial charge in [0.05, 0.1) is 17.8 Å². The van der Waals surface area contributed by atoms with Gasteiger partial charge < -0.3 is 15.6 Å². The lowest BCUT2D eigenvalue weighted by Crippen LogP contribution is -2.32. The van der Waals surface area contributed by atoms with Crippen LogP contribution in [0.5, 0.6) is 0 Å². The first-order chi connectivity index (χ1) is 13.1. The van der Waals surface area contributed by atoms with E-state index in [1.165, 1.54) is 0 Å². The molecule has 27 heavy (non-hydrogen) atoms. The maximum Gasteiger partial charge on any atom is 0.258 e. The van der Waals surface area contributed by atoms with Gasteiger partial charge in [-0.3, -0.25) is 14.4 Å². The molecular weight excluding hydrogens is 342 g/mol. The lowest BCUT2D eigenvalue weighted by molar-refractivity contribution is -0.119.